The van der Waals surface area contributed by atoms with Gasteiger partial charge in [-0.2, -0.15) is 0 Å². The Bertz CT molecular complexity index is 496. The second-order valence-corrected chi connectivity index (χ2v) is 6.67. The smallest absolute Gasteiger partial charge is 0.0617 e. The molecule has 0 amide bonds. The van der Waals surface area contributed by atoms with Crippen LogP contribution < -0.4 is 0 Å². The Morgan fingerprint density at radius 3 is 2.52 bits per heavy atom. The molecule has 0 bridgehead atoms. The number of hydrogen-bond acceptors (Lipinski definition) is 1. The Balaban J connectivity index is 2.78. The van der Waals surface area contributed by atoms with Crippen molar-refractivity contribution in [2.45, 2.75) is 53.9 Å². The molecule has 1 N–H and O–H groups in total. The first-order valence-electron chi connectivity index (χ1n) is 7.87. The lowest BCUT2D eigenvalue weighted by atomic mass is 9.72. The Morgan fingerprint density at radius 2 is 1.90 bits per heavy atom. The van der Waals surface area contributed by atoms with E-state index in [0.29, 0.717) is 5.41 Å². The first-order valence-corrected chi connectivity index (χ1v) is 7.87. The van der Waals surface area contributed by atoms with Crippen LogP contribution in [0.25, 0.3) is 0 Å². The van der Waals surface area contributed by atoms with Crippen LogP contribution in [0, 0.1) is 5.41 Å². The van der Waals surface area contributed by atoms with E-state index in [-0.39, 0.29) is 6.61 Å². The molecular formula is C20H30O. The van der Waals surface area contributed by atoms with E-state index < -0.39 is 0 Å². The lowest BCUT2D eigenvalue weighted by Gasteiger charge is -2.32. The van der Waals surface area contributed by atoms with Crippen molar-refractivity contribution < 1.29 is 5.11 Å². The molecule has 0 saturated heterocycles. The van der Waals surface area contributed by atoms with Gasteiger partial charge in [-0.05, 0) is 51.0 Å². The molecule has 0 aromatic rings. The monoisotopic (exact) mass is 286 g/mol. The molecule has 0 heterocycles. The van der Waals surface area contributed by atoms with Gasteiger partial charge in [0.1, 0.15) is 0 Å². The molecule has 1 aliphatic carbocycles. The molecular weight excluding hydrogens is 256 g/mol. The average Bonchev–Trinajstić information content (AvgIpc) is 2.37. The van der Waals surface area contributed by atoms with Gasteiger partial charge < -0.3 is 5.11 Å². The maximum absolute atomic E-state index is 8.81. The SMILES string of the molecule is CC1=C(/C=C/C(C)=C\C=C\C(C)=C/CO)C(C)(C)CCC1. The van der Waals surface area contributed by atoms with Crippen LogP contribution >= 0.6 is 0 Å². The summed E-state index contributed by atoms with van der Waals surface area (Å²) in [6.07, 6.45) is 16.3. The molecule has 0 fully saturated rings. The molecule has 0 aromatic heterocycles. The number of rotatable bonds is 5. The highest BCUT2D eigenvalue weighted by Gasteiger charge is 2.26. The summed E-state index contributed by atoms with van der Waals surface area (Å²) >= 11 is 0. The van der Waals surface area contributed by atoms with Crippen LogP contribution in [0.4, 0.5) is 0 Å². The summed E-state index contributed by atoms with van der Waals surface area (Å²) in [7, 11) is 0. The van der Waals surface area contributed by atoms with Gasteiger partial charge in [0.05, 0.1) is 6.61 Å². The highest BCUT2D eigenvalue weighted by molar-refractivity contribution is 5.37. The minimum Gasteiger partial charge on any atom is -0.392 e. The molecule has 1 aliphatic rings. The van der Waals surface area contributed by atoms with Crippen LogP contribution in [-0.2, 0) is 0 Å². The van der Waals surface area contributed by atoms with Crippen LogP contribution in [0.15, 0.2) is 58.7 Å². The lowest BCUT2D eigenvalue weighted by molar-refractivity contribution is 0.342. The minimum atomic E-state index is 0.0985. The van der Waals surface area contributed by atoms with E-state index in [2.05, 4.69) is 45.9 Å². The third kappa shape index (κ3) is 5.89. The van der Waals surface area contributed by atoms with Crippen LogP contribution in [-0.4, -0.2) is 11.7 Å². The molecule has 21 heavy (non-hydrogen) atoms. The second-order valence-electron chi connectivity index (χ2n) is 6.67. The molecule has 1 nitrogen and oxygen atoms in total. The van der Waals surface area contributed by atoms with Gasteiger partial charge in [0.25, 0.3) is 0 Å². The maximum Gasteiger partial charge on any atom is 0.0617 e. The highest BCUT2D eigenvalue weighted by atomic mass is 16.2. The molecule has 116 valence electrons. The first kappa shape index (κ1) is 17.7. The van der Waals surface area contributed by atoms with Gasteiger partial charge >= 0.3 is 0 Å². The van der Waals surface area contributed by atoms with Gasteiger partial charge in [-0.15, -0.1) is 0 Å². The van der Waals surface area contributed by atoms with Crippen molar-refractivity contribution in [2.24, 2.45) is 5.41 Å². The van der Waals surface area contributed by atoms with E-state index in [9.17, 15) is 0 Å². The van der Waals surface area contributed by atoms with Crippen molar-refractivity contribution in [3.05, 3.63) is 58.7 Å². The zero-order valence-corrected chi connectivity index (χ0v) is 14.2. The molecule has 1 heteroatoms. The third-order valence-electron chi connectivity index (χ3n) is 4.19. The predicted molar refractivity (Wildman–Crippen MR) is 93.2 cm³/mol. The Hall–Kier alpha value is -1.34. The van der Waals surface area contributed by atoms with Crippen LogP contribution in [0.2, 0.25) is 0 Å². The Morgan fingerprint density at radius 1 is 1.19 bits per heavy atom. The molecule has 0 unspecified atom stereocenters. The average molecular weight is 286 g/mol. The van der Waals surface area contributed by atoms with Gasteiger partial charge in [-0.3, -0.25) is 0 Å². The summed E-state index contributed by atoms with van der Waals surface area (Å²) in [4.78, 5) is 0. The van der Waals surface area contributed by atoms with Crippen molar-refractivity contribution >= 4 is 0 Å². The fraction of sp³-hybridized carbons (Fsp3) is 0.500. The molecule has 0 radical (unpaired) electrons. The minimum absolute atomic E-state index is 0.0985. The van der Waals surface area contributed by atoms with Gasteiger partial charge in [-0.1, -0.05) is 67.0 Å². The summed E-state index contributed by atoms with van der Waals surface area (Å²) in [5.41, 5.74) is 5.66. The second kappa shape index (κ2) is 8.19. The van der Waals surface area contributed by atoms with Crippen LogP contribution in [0.1, 0.15) is 53.9 Å². The highest BCUT2D eigenvalue weighted by Crippen LogP contribution is 2.40. The molecule has 1 rings (SSSR count). The normalized spacial score (nSPS) is 20.9. The predicted octanol–water partition coefficient (Wildman–Crippen LogP) is 5.51. The molecule has 0 saturated carbocycles. The molecule has 0 atom stereocenters. The zero-order chi connectivity index (χ0) is 15.9. The van der Waals surface area contributed by atoms with Gasteiger partial charge in [0.2, 0.25) is 0 Å². The summed E-state index contributed by atoms with van der Waals surface area (Å²) in [6, 6.07) is 0. The van der Waals surface area contributed by atoms with E-state index in [1.165, 1.54) is 36.0 Å². The quantitative estimate of drug-likeness (QED) is 0.661. The number of aliphatic hydroxyl groups excluding tert-OH is 1. The fourth-order valence-corrected chi connectivity index (χ4v) is 2.84. The van der Waals surface area contributed by atoms with Gasteiger partial charge in [0.15, 0.2) is 0 Å². The topological polar surface area (TPSA) is 20.2 Å². The van der Waals surface area contributed by atoms with Crippen molar-refractivity contribution in [1.82, 2.24) is 0 Å². The van der Waals surface area contributed by atoms with Gasteiger partial charge in [-0.25, -0.2) is 0 Å². The molecule has 0 aromatic carbocycles. The van der Waals surface area contributed by atoms with Crippen molar-refractivity contribution in [2.75, 3.05) is 6.61 Å². The molecule has 0 aliphatic heterocycles. The number of hydrogen-bond donors (Lipinski definition) is 1. The van der Waals surface area contributed by atoms with E-state index in [4.69, 9.17) is 5.11 Å². The summed E-state index contributed by atoms with van der Waals surface area (Å²) in [5, 5.41) is 8.81. The van der Waals surface area contributed by atoms with Crippen LogP contribution in [0.3, 0.4) is 0 Å². The zero-order valence-electron chi connectivity index (χ0n) is 14.2. The Labute approximate surface area is 130 Å². The first-order chi connectivity index (χ1) is 9.86. The third-order valence-corrected chi connectivity index (χ3v) is 4.19. The van der Waals surface area contributed by atoms with Crippen LogP contribution in [0.5, 0.6) is 0 Å². The maximum atomic E-state index is 8.81. The summed E-state index contributed by atoms with van der Waals surface area (Å²) in [6.45, 7) is 11.2. The molecule has 0 spiro atoms. The number of aliphatic hydroxyl groups is 1. The van der Waals surface area contributed by atoms with E-state index in [1.54, 1.807) is 6.08 Å². The van der Waals surface area contributed by atoms with Gasteiger partial charge in [0, 0.05) is 0 Å². The van der Waals surface area contributed by atoms with E-state index >= 15 is 0 Å². The summed E-state index contributed by atoms with van der Waals surface area (Å²) in [5.74, 6) is 0. The fourth-order valence-electron chi connectivity index (χ4n) is 2.84. The van der Waals surface area contributed by atoms with Crippen molar-refractivity contribution in [1.29, 1.82) is 0 Å². The standard InChI is InChI=1S/C20H30O/c1-16(8-6-9-17(2)13-15-21)11-12-19-18(3)10-7-14-20(19,4)5/h6,8-9,11-13,21H,7,10,14-15H2,1-5H3/b9-6+,12-11+,16-8-,17-13-. The van der Waals surface area contributed by atoms with Crippen molar-refractivity contribution in [3.63, 3.8) is 0 Å². The summed E-state index contributed by atoms with van der Waals surface area (Å²) < 4.78 is 0. The van der Waals surface area contributed by atoms with Crippen molar-refractivity contribution in [3.8, 4) is 0 Å². The lowest BCUT2D eigenvalue weighted by Crippen LogP contribution is -2.19. The largest absolute Gasteiger partial charge is 0.392 e. The van der Waals surface area contributed by atoms with E-state index in [1.807, 2.05) is 19.1 Å². The number of allylic oxidation sites excluding steroid dienone is 9. The van der Waals surface area contributed by atoms with E-state index in [0.717, 1.165) is 5.57 Å². The Kier molecular flexibility index (Phi) is 6.91.